The lowest BCUT2D eigenvalue weighted by molar-refractivity contribution is 0.411. The van der Waals surface area contributed by atoms with Crippen molar-refractivity contribution < 1.29 is 9.26 Å². The maximum Gasteiger partial charge on any atom is 0.172 e. The van der Waals surface area contributed by atoms with Crippen molar-refractivity contribution in [2.45, 2.75) is 6.92 Å². The number of aryl methyl sites for hydroxylation is 1. The minimum Gasteiger partial charge on any atom is -0.495 e. The number of hydrogen-bond acceptors (Lipinski definition) is 4. The number of hydrogen-bond donors (Lipinski definition) is 2. The lowest BCUT2D eigenvalue weighted by atomic mass is 10.1. The molecular weight excluding hydrogens is 230 g/mol. The topological polar surface area (TPSA) is 77.1 Å². The van der Waals surface area contributed by atoms with Crippen LogP contribution >= 0.6 is 0 Å². The van der Waals surface area contributed by atoms with Crippen molar-refractivity contribution >= 4 is 16.7 Å². The van der Waals surface area contributed by atoms with Gasteiger partial charge in [-0.15, -0.1) is 0 Å². The van der Waals surface area contributed by atoms with E-state index in [0.29, 0.717) is 11.6 Å². The van der Waals surface area contributed by atoms with E-state index in [2.05, 4.69) is 10.1 Å². The molecule has 18 heavy (non-hydrogen) atoms. The summed E-state index contributed by atoms with van der Waals surface area (Å²) in [7, 11) is 1.64. The summed E-state index contributed by atoms with van der Waals surface area (Å²) in [5.41, 5.74) is 8.52. The van der Waals surface area contributed by atoms with Crippen molar-refractivity contribution in [1.82, 2.24) is 10.1 Å². The summed E-state index contributed by atoms with van der Waals surface area (Å²) in [5.74, 6) is 1.72. The van der Waals surface area contributed by atoms with Gasteiger partial charge in [-0.25, -0.2) is 0 Å². The average Bonchev–Trinajstić information content (AvgIpc) is 2.92. The number of aromatic amines is 1. The maximum absolute atomic E-state index is 5.57. The number of fused-ring (bicyclic) bond motifs is 1. The normalized spacial score (nSPS) is 11.0. The number of H-pyrrole nitrogens is 1. The Labute approximate surface area is 104 Å². The minimum absolute atomic E-state index is 0.359. The molecule has 2 aromatic heterocycles. The molecule has 0 unspecified atom stereocenters. The zero-order chi connectivity index (χ0) is 12.7. The van der Waals surface area contributed by atoms with Crippen molar-refractivity contribution in [3.05, 3.63) is 30.0 Å². The zero-order valence-electron chi connectivity index (χ0n) is 10.2. The number of nitrogens with one attached hydrogen (secondary N) is 1. The molecule has 0 aliphatic rings. The summed E-state index contributed by atoms with van der Waals surface area (Å²) < 4.78 is 10.7. The van der Waals surface area contributed by atoms with Gasteiger partial charge < -0.3 is 20.0 Å². The van der Waals surface area contributed by atoms with Gasteiger partial charge in [0.25, 0.3) is 0 Å². The molecule has 2 heterocycles. The smallest absolute Gasteiger partial charge is 0.172 e. The predicted octanol–water partition coefficient (Wildman–Crippen LogP) is 2.72. The van der Waals surface area contributed by atoms with Gasteiger partial charge in [-0.3, -0.25) is 0 Å². The van der Waals surface area contributed by atoms with Gasteiger partial charge in [-0.2, -0.15) is 0 Å². The van der Waals surface area contributed by atoms with Gasteiger partial charge in [0.15, 0.2) is 11.6 Å². The number of anilines is 1. The van der Waals surface area contributed by atoms with E-state index in [1.54, 1.807) is 13.2 Å². The molecule has 0 saturated carbocycles. The van der Waals surface area contributed by atoms with Gasteiger partial charge in [0, 0.05) is 22.7 Å². The van der Waals surface area contributed by atoms with Crippen LogP contribution < -0.4 is 10.5 Å². The molecule has 0 saturated heterocycles. The fourth-order valence-corrected chi connectivity index (χ4v) is 2.15. The molecule has 5 heteroatoms. The number of ether oxygens (including phenoxy) is 1. The minimum atomic E-state index is 0.359. The summed E-state index contributed by atoms with van der Waals surface area (Å²) in [5, 5.41) is 4.71. The third-order valence-electron chi connectivity index (χ3n) is 2.89. The van der Waals surface area contributed by atoms with Crippen molar-refractivity contribution in [2.75, 3.05) is 12.8 Å². The fourth-order valence-electron chi connectivity index (χ4n) is 2.15. The second-order valence-electron chi connectivity index (χ2n) is 4.18. The number of benzene rings is 1. The molecule has 1 aromatic carbocycles. The number of rotatable bonds is 2. The van der Waals surface area contributed by atoms with Crippen LogP contribution in [0.4, 0.5) is 5.82 Å². The van der Waals surface area contributed by atoms with E-state index in [1.165, 1.54) is 0 Å². The molecule has 0 spiro atoms. The first-order chi connectivity index (χ1) is 8.69. The zero-order valence-corrected chi connectivity index (χ0v) is 10.2. The van der Waals surface area contributed by atoms with Crippen molar-refractivity contribution in [3.63, 3.8) is 0 Å². The predicted molar refractivity (Wildman–Crippen MR) is 69.5 cm³/mol. The monoisotopic (exact) mass is 243 g/mol. The van der Waals surface area contributed by atoms with Crippen LogP contribution in [0, 0.1) is 6.92 Å². The number of nitrogens with two attached hydrogens (primary N) is 1. The molecule has 0 aliphatic carbocycles. The van der Waals surface area contributed by atoms with Gasteiger partial charge >= 0.3 is 0 Å². The highest BCUT2D eigenvalue weighted by Gasteiger charge is 2.15. The molecule has 0 fully saturated rings. The second-order valence-corrected chi connectivity index (χ2v) is 4.18. The molecular formula is C13H13N3O2. The van der Waals surface area contributed by atoms with E-state index in [0.717, 1.165) is 27.9 Å². The molecule has 0 aliphatic heterocycles. The lowest BCUT2D eigenvalue weighted by Gasteiger charge is -2.06. The average molecular weight is 243 g/mol. The Morgan fingerprint density at radius 3 is 2.83 bits per heavy atom. The Balaban J connectivity index is 2.29. The van der Waals surface area contributed by atoms with Crippen LogP contribution in [0.2, 0.25) is 0 Å². The fraction of sp³-hybridized carbons (Fsp3) is 0.154. The Bertz CT molecular complexity index is 712. The van der Waals surface area contributed by atoms with Crippen LogP contribution in [0.5, 0.6) is 5.75 Å². The van der Waals surface area contributed by atoms with Gasteiger partial charge in [0.05, 0.1) is 12.7 Å². The van der Waals surface area contributed by atoms with Crippen molar-refractivity contribution in [2.24, 2.45) is 0 Å². The number of methoxy groups -OCH3 is 1. The van der Waals surface area contributed by atoms with Gasteiger partial charge in [-0.05, 0) is 25.1 Å². The molecule has 0 bridgehead atoms. The molecule has 5 nitrogen and oxygen atoms in total. The third kappa shape index (κ3) is 1.52. The summed E-state index contributed by atoms with van der Waals surface area (Å²) in [6.07, 6.45) is 0. The third-order valence-corrected chi connectivity index (χ3v) is 2.89. The number of aromatic nitrogens is 2. The molecule has 3 aromatic rings. The van der Waals surface area contributed by atoms with Crippen LogP contribution in [0.25, 0.3) is 22.2 Å². The molecule has 0 radical (unpaired) electrons. The molecule has 3 rings (SSSR count). The summed E-state index contributed by atoms with van der Waals surface area (Å²) in [6.45, 7) is 2.01. The van der Waals surface area contributed by atoms with E-state index < -0.39 is 0 Å². The molecule has 0 atom stereocenters. The van der Waals surface area contributed by atoms with Crippen molar-refractivity contribution in [1.29, 1.82) is 0 Å². The second kappa shape index (κ2) is 3.80. The Hall–Kier alpha value is -2.43. The van der Waals surface area contributed by atoms with Crippen molar-refractivity contribution in [3.8, 4) is 17.1 Å². The van der Waals surface area contributed by atoms with Crippen LogP contribution in [-0.2, 0) is 0 Å². The van der Waals surface area contributed by atoms with Crippen LogP contribution in [0.15, 0.2) is 28.8 Å². The van der Waals surface area contributed by atoms with E-state index in [1.807, 2.05) is 25.1 Å². The summed E-state index contributed by atoms with van der Waals surface area (Å²) in [6, 6.07) is 7.64. The number of nitrogens with zero attached hydrogens (tertiary/aromatic N) is 1. The van der Waals surface area contributed by atoms with Crippen LogP contribution in [0.1, 0.15) is 5.69 Å². The van der Waals surface area contributed by atoms with Gasteiger partial charge in [-0.1, -0.05) is 5.16 Å². The highest BCUT2D eigenvalue weighted by Crippen LogP contribution is 2.37. The largest absolute Gasteiger partial charge is 0.495 e. The van der Waals surface area contributed by atoms with E-state index in [4.69, 9.17) is 15.0 Å². The standard InChI is InChI=1S/C13H13N3O2/c1-7-5-9-10(15-7)4-3-8(13(9)17-2)11-6-12(14)16-18-11/h3-6,15H,1-2H3,(H2,14,16). The van der Waals surface area contributed by atoms with E-state index in [9.17, 15) is 0 Å². The Morgan fingerprint density at radius 2 is 2.17 bits per heavy atom. The highest BCUT2D eigenvalue weighted by molar-refractivity contribution is 5.93. The quantitative estimate of drug-likeness (QED) is 0.725. The van der Waals surface area contributed by atoms with Gasteiger partial charge in [0.2, 0.25) is 0 Å². The van der Waals surface area contributed by atoms with Crippen LogP contribution in [0.3, 0.4) is 0 Å². The first-order valence-electron chi connectivity index (χ1n) is 5.58. The van der Waals surface area contributed by atoms with Gasteiger partial charge in [0.1, 0.15) is 5.75 Å². The first-order valence-corrected chi connectivity index (χ1v) is 5.58. The first kappa shape index (κ1) is 10.7. The molecule has 92 valence electrons. The SMILES string of the molecule is COc1c(-c2cc(N)no2)ccc2[nH]c(C)cc12. The lowest BCUT2D eigenvalue weighted by Crippen LogP contribution is -1.88. The molecule has 3 N–H and O–H groups in total. The van der Waals surface area contributed by atoms with E-state index >= 15 is 0 Å². The Kier molecular flexibility index (Phi) is 2.26. The van der Waals surface area contributed by atoms with Crippen LogP contribution in [-0.4, -0.2) is 17.3 Å². The maximum atomic E-state index is 5.57. The molecule has 0 amide bonds. The highest BCUT2D eigenvalue weighted by atomic mass is 16.5. The Morgan fingerprint density at radius 1 is 1.33 bits per heavy atom. The number of nitrogen functional groups attached to an aromatic ring is 1. The summed E-state index contributed by atoms with van der Waals surface area (Å²) in [4.78, 5) is 3.27. The van der Waals surface area contributed by atoms with E-state index in [-0.39, 0.29) is 0 Å². The summed E-state index contributed by atoms with van der Waals surface area (Å²) >= 11 is 0.